The monoisotopic (exact) mass is 463 g/mol. The zero-order chi connectivity index (χ0) is 22.8. The Kier molecular flexibility index (Phi) is 6.48. The number of benzene rings is 2. The maximum absolute atomic E-state index is 13.2. The van der Waals surface area contributed by atoms with E-state index < -0.39 is 44.7 Å². The summed E-state index contributed by atoms with van der Waals surface area (Å²) in [6.07, 6.45) is -4.82. The largest absolute Gasteiger partial charge is 0.416 e. The predicted molar refractivity (Wildman–Crippen MR) is 101 cm³/mol. The first-order valence-electron chi connectivity index (χ1n) is 8.96. The number of nitro groups is 1. The lowest BCUT2D eigenvalue weighted by Gasteiger charge is -2.26. The molecule has 0 aliphatic carbocycles. The fraction of sp³-hybridized carbons (Fsp3) is 0.333. The van der Waals surface area contributed by atoms with Gasteiger partial charge in [0.2, 0.25) is 10.0 Å². The summed E-state index contributed by atoms with van der Waals surface area (Å²) in [6, 6.07) is 5.20. The van der Waals surface area contributed by atoms with E-state index in [2.05, 4.69) is 5.32 Å². The van der Waals surface area contributed by atoms with Crippen molar-refractivity contribution in [2.45, 2.75) is 17.6 Å². The van der Waals surface area contributed by atoms with Crippen LogP contribution >= 0.6 is 0 Å². The molecule has 0 amide bonds. The van der Waals surface area contributed by atoms with Gasteiger partial charge in [0.1, 0.15) is 11.5 Å². The second-order valence-corrected chi connectivity index (χ2v) is 8.54. The molecule has 1 heterocycles. The lowest BCUT2D eigenvalue weighted by atomic mass is 10.1. The van der Waals surface area contributed by atoms with Gasteiger partial charge in [-0.3, -0.25) is 10.1 Å². The summed E-state index contributed by atoms with van der Waals surface area (Å²) in [4.78, 5) is 10.3. The minimum absolute atomic E-state index is 0.0981. The highest BCUT2D eigenvalue weighted by Crippen LogP contribution is 2.34. The Morgan fingerprint density at radius 3 is 2.42 bits per heavy atom. The molecule has 0 radical (unpaired) electrons. The summed E-state index contributed by atoms with van der Waals surface area (Å²) >= 11 is 0. The van der Waals surface area contributed by atoms with Crippen molar-refractivity contribution in [3.8, 4) is 0 Å². The van der Waals surface area contributed by atoms with Gasteiger partial charge >= 0.3 is 6.18 Å². The van der Waals surface area contributed by atoms with Crippen LogP contribution in [0.3, 0.4) is 0 Å². The van der Waals surface area contributed by atoms with Crippen LogP contribution in [-0.4, -0.2) is 43.9 Å². The zero-order valence-corrected chi connectivity index (χ0v) is 16.7. The number of nitrogens with one attached hydrogen (secondary N) is 1. The van der Waals surface area contributed by atoms with Crippen molar-refractivity contribution in [2.75, 3.05) is 31.6 Å². The van der Waals surface area contributed by atoms with Crippen LogP contribution < -0.4 is 5.32 Å². The summed E-state index contributed by atoms with van der Waals surface area (Å²) in [5.74, 6) is -1.07. The van der Waals surface area contributed by atoms with Gasteiger partial charge in [-0.05, 0) is 29.8 Å². The molecular formula is C18H17F4N3O5S. The van der Waals surface area contributed by atoms with E-state index in [1.165, 1.54) is 0 Å². The Labute approximate surface area is 174 Å². The van der Waals surface area contributed by atoms with E-state index in [4.69, 9.17) is 4.74 Å². The first-order valence-corrected chi connectivity index (χ1v) is 10.4. The Morgan fingerprint density at radius 2 is 1.81 bits per heavy atom. The Morgan fingerprint density at radius 1 is 1.13 bits per heavy atom. The first kappa shape index (κ1) is 22.9. The van der Waals surface area contributed by atoms with Crippen LogP contribution in [0.2, 0.25) is 0 Å². The van der Waals surface area contributed by atoms with Crippen LogP contribution in [0.15, 0.2) is 41.3 Å². The molecule has 0 unspecified atom stereocenters. The highest BCUT2D eigenvalue weighted by atomic mass is 32.2. The summed E-state index contributed by atoms with van der Waals surface area (Å²) in [5, 5.41) is 14.0. The molecule has 1 fully saturated rings. The van der Waals surface area contributed by atoms with E-state index in [0.717, 1.165) is 34.6 Å². The predicted octanol–water partition coefficient (Wildman–Crippen LogP) is 3.39. The van der Waals surface area contributed by atoms with Crippen molar-refractivity contribution in [3.05, 3.63) is 63.5 Å². The molecule has 1 N–H and O–H groups in total. The lowest BCUT2D eigenvalue weighted by molar-refractivity contribution is -0.384. The molecule has 0 aromatic heterocycles. The number of hydrogen-bond acceptors (Lipinski definition) is 6. The van der Waals surface area contributed by atoms with E-state index in [1.807, 2.05) is 0 Å². The van der Waals surface area contributed by atoms with Gasteiger partial charge in [0, 0.05) is 25.7 Å². The highest BCUT2D eigenvalue weighted by molar-refractivity contribution is 7.89. The Balaban J connectivity index is 1.89. The van der Waals surface area contributed by atoms with Gasteiger partial charge in [0.15, 0.2) is 0 Å². The molecule has 13 heteroatoms. The quantitative estimate of drug-likeness (QED) is 0.400. The summed E-state index contributed by atoms with van der Waals surface area (Å²) in [6.45, 7) is 0.0910. The number of ether oxygens (including phenoxy) is 1. The number of alkyl halides is 3. The number of halogens is 4. The SMILES string of the molecule is O=[N+]([O-])c1cc(S(=O)(=O)N2CCOCC2)ccc1NCc1ccc(F)cc1C(F)(F)F. The van der Waals surface area contributed by atoms with Gasteiger partial charge < -0.3 is 10.1 Å². The number of sulfonamides is 1. The number of morpholine rings is 1. The maximum atomic E-state index is 13.2. The number of nitro benzene ring substituents is 1. The standard InChI is InChI=1S/C18H17F4N3O5S/c19-13-2-1-12(15(9-13)18(20,21)22)11-23-16-4-3-14(10-17(16)25(26)27)31(28,29)24-5-7-30-8-6-24/h1-4,9-10,23H,5-8,11H2. The molecule has 31 heavy (non-hydrogen) atoms. The third-order valence-electron chi connectivity index (χ3n) is 4.62. The maximum Gasteiger partial charge on any atom is 0.416 e. The normalized spacial score (nSPS) is 15.6. The lowest BCUT2D eigenvalue weighted by Crippen LogP contribution is -2.40. The first-order chi connectivity index (χ1) is 14.5. The molecule has 3 rings (SSSR count). The Bertz CT molecular complexity index is 1090. The van der Waals surface area contributed by atoms with Gasteiger partial charge in [-0.2, -0.15) is 17.5 Å². The minimum Gasteiger partial charge on any atom is -0.379 e. The average Bonchev–Trinajstić information content (AvgIpc) is 2.72. The van der Waals surface area contributed by atoms with E-state index in [-0.39, 0.29) is 42.4 Å². The van der Waals surface area contributed by atoms with Crippen LogP contribution in [0.25, 0.3) is 0 Å². The zero-order valence-electron chi connectivity index (χ0n) is 15.9. The van der Waals surface area contributed by atoms with Gasteiger partial charge in [0.05, 0.1) is 28.6 Å². The number of anilines is 1. The molecule has 1 aliphatic rings. The van der Waals surface area contributed by atoms with Gasteiger partial charge in [-0.1, -0.05) is 6.07 Å². The highest BCUT2D eigenvalue weighted by Gasteiger charge is 2.34. The smallest absolute Gasteiger partial charge is 0.379 e. The summed E-state index contributed by atoms with van der Waals surface area (Å²) < 4.78 is 84.3. The molecule has 8 nitrogen and oxygen atoms in total. The molecule has 2 aromatic rings. The van der Waals surface area contributed by atoms with Crippen molar-refractivity contribution in [1.29, 1.82) is 0 Å². The number of rotatable bonds is 6. The molecule has 0 saturated carbocycles. The van der Waals surface area contributed by atoms with E-state index >= 15 is 0 Å². The number of nitrogens with zero attached hydrogens (tertiary/aromatic N) is 2. The van der Waals surface area contributed by atoms with Crippen LogP contribution in [0.4, 0.5) is 28.9 Å². The van der Waals surface area contributed by atoms with E-state index in [0.29, 0.717) is 6.07 Å². The van der Waals surface area contributed by atoms with Crippen molar-refractivity contribution in [1.82, 2.24) is 4.31 Å². The Hall–Kier alpha value is -2.77. The van der Waals surface area contributed by atoms with Crippen molar-refractivity contribution >= 4 is 21.4 Å². The van der Waals surface area contributed by atoms with Crippen LogP contribution in [0.1, 0.15) is 11.1 Å². The van der Waals surface area contributed by atoms with Crippen LogP contribution in [0, 0.1) is 15.9 Å². The van der Waals surface area contributed by atoms with Gasteiger partial charge in [-0.25, -0.2) is 12.8 Å². The number of hydrogen-bond donors (Lipinski definition) is 1. The van der Waals surface area contributed by atoms with Crippen molar-refractivity contribution < 1.29 is 35.6 Å². The molecule has 0 atom stereocenters. The minimum atomic E-state index is -4.82. The molecule has 168 valence electrons. The van der Waals surface area contributed by atoms with Crippen molar-refractivity contribution in [3.63, 3.8) is 0 Å². The molecule has 1 saturated heterocycles. The van der Waals surface area contributed by atoms with E-state index in [9.17, 15) is 36.1 Å². The molecule has 1 aliphatic heterocycles. The second-order valence-electron chi connectivity index (χ2n) is 6.61. The second kappa shape index (κ2) is 8.77. The molecule has 0 bridgehead atoms. The molecular weight excluding hydrogens is 446 g/mol. The van der Waals surface area contributed by atoms with Crippen LogP contribution in [-0.2, 0) is 27.5 Å². The fourth-order valence-corrected chi connectivity index (χ4v) is 4.49. The average molecular weight is 463 g/mol. The summed E-state index contributed by atoms with van der Waals surface area (Å²) in [7, 11) is -4.00. The third-order valence-corrected chi connectivity index (χ3v) is 6.51. The van der Waals surface area contributed by atoms with Crippen LogP contribution in [0.5, 0.6) is 0 Å². The fourth-order valence-electron chi connectivity index (χ4n) is 3.07. The topological polar surface area (TPSA) is 102 Å². The van der Waals surface area contributed by atoms with E-state index in [1.54, 1.807) is 0 Å². The van der Waals surface area contributed by atoms with Crippen molar-refractivity contribution in [2.24, 2.45) is 0 Å². The summed E-state index contributed by atoms with van der Waals surface area (Å²) in [5.41, 5.74) is -2.34. The van der Waals surface area contributed by atoms with Gasteiger partial charge in [0.25, 0.3) is 5.69 Å². The van der Waals surface area contributed by atoms with Gasteiger partial charge in [-0.15, -0.1) is 0 Å². The third kappa shape index (κ3) is 5.11. The molecule has 0 spiro atoms. The molecule has 2 aromatic carbocycles.